The maximum absolute atomic E-state index is 13.6. The van der Waals surface area contributed by atoms with Gasteiger partial charge in [0.05, 0.1) is 29.8 Å². The van der Waals surface area contributed by atoms with Crippen molar-refractivity contribution in [1.82, 2.24) is 5.01 Å². The number of halogens is 1. The van der Waals surface area contributed by atoms with Crippen LogP contribution in [0, 0.1) is 23.1 Å². The molecule has 0 radical (unpaired) electrons. The standard InChI is InChI=1S/C24H22FN3O3/c1-24(2,3)21(29)20-18-17(19-16-7-5-4-6-13(16)12-26-28(19)20)22(30)27(23(18)31)15-10-8-14(25)9-11-15/h4-12,17-20H,1-3H3/t17-,18+,19-,20-/m0/s1. The summed E-state index contributed by atoms with van der Waals surface area (Å²) < 4.78 is 13.4. The van der Waals surface area contributed by atoms with Crippen LogP contribution in [0.3, 0.4) is 0 Å². The summed E-state index contributed by atoms with van der Waals surface area (Å²) in [7, 11) is 0. The van der Waals surface area contributed by atoms with Gasteiger partial charge in [-0.15, -0.1) is 0 Å². The Morgan fingerprint density at radius 1 is 0.968 bits per heavy atom. The maximum atomic E-state index is 13.6. The van der Waals surface area contributed by atoms with E-state index in [4.69, 9.17) is 0 Å². The molecule has 0 saturated carbocycles. The Labute approximate surface area is 179 Å². The Balaban J connectivity index is 1.66. The van der Waals surface area contributed by atoms with Gasteiger partial charge in [0.15, 0.2) is 5.78 Å². The fourth-order valence-corrected chi connectivity index (χ4v) is 4.96. The number of imide groups is 1. The number of anilines is 1. The molecule has 3 heterocycles. The predicted octanol–water partition coefficient (Wildman–Crippen LogP) is 3.32. The number of fused-ring (bicyclic) bond motifs is 5. The van der Waals surface area contributed by atoms with Crippen molar-refractivity contribution in [2.75, 3.05) is 4.90 Å². The largest absolute Gasteiger partial charge is 0.297 e. The lowest BCUT2D eigenvalue weighted by atomic mass is 9.79. The van der Waals surface area contributed by atoms with Crippen molar-refractivity contribution in [3.63, 3.8) is 0 Å². The Morgan fingerprint density at radius 2 is 1.61 bits per heavy atom. The molecular weight excluding hydrogens is 397 g/mol. The Bertz CT molecular complexity index is 1140. The average molecular weight is 419 g/mol. The van der Waals surface area contributed by atoms with Crippen molar-refractivity contribution >= 4 is 29.5 Å². The molecule has 2 saturated heterocycles. The molecule has 0 aliphatic carbocycles. The van der Waals surface area contributed by atoms with Crippen molar-refractivity contribution in [3.8, 4) is 0 Å². The fourth-order valence-electron chi connectivity index (χ4n) is 4.96. The maximum Gasteiger partial charge on any atom is 0.240 e. The van der Waals surface area contributed by atoms with E-state index in [2.05, 4.69) is 5.10 Å². The Kier molecular flexibility index (Phi) is 4.16. The summed E-state index contributed by atoms with van der Waals surface area (Å²) in [6, 6.07) is 11.5. The Hall–Kier alpha value is -3.35. The number of hydrogen-bond acceptors (Lipinski definition) is 5. The molecule has 5 rings (SSSR count). The number of ketones is 1. The van der Waals surface area contributed by atoms with Crippen LogP contribution in [-0.2, 0) is 14.4 Å². The molecule has 0 aromatic heterocycles. The number of hydrazone groups is 1. The van der Waals surface area contributed by atoms with Gasteiger partial charge in [0.25, 0.3) is 0 Å². The summed E-state index contributed by atoms with van der Waals surface area (Å²) in [6.07, 6.45) is 1.68. The first-order chi connectivity index (χ1) is 14.7. The first-order valence-electron chi connectivity index (χ1n) is 10.3. The van der Waals surface area contributed by atoms with Gasteiger partial charge in [-0.25, -0.2) is 9.29 Å². The van der Waals surface area contributed by atoms with Crippen molar-refractivity contribution in [2.24, 2.45) is 22.4 Å². The van der Waals surface area contributed by atoms with E-state index in [1.165, 1.54) is 24.3 Å². The van der Waals surface area contributed by atoms with E-state index in [0.717, 1.165) is 16.0 Å². The summed E-state index contributed by atoms with van der Waals surface area (Å²) in [5.41, 5.74) is 1.33. The molecule has 2 aromatic carbocycles. The number of amides is 2. The van der Waals surface area contributed by atoms with Gasteiger partial charge in [-0.3, -0.25) is 19.4 Å². The summed E-state index contributed by atoms with van der Waals surface area (Å²) >= 11 is 0. The van der Waals surface area contributed by atoms with Crippen LogP contribution >= 0.6 is 0 Å². The molecule has 31 heavy (non-hydrogen) atoms. The number of benzene rings is 2. The SMILES string of the molecule is CC(C)(C)C(=O)[C@@H]1[C@@H]2C(=O)N(c3ccc(F)cc3)C(=O)[C@@H]2[C@@H]2c3ccccc3C=NN12. The zero-order valence-corrected chi connectivity index (χ0v) is 17.4. The van der Waals surface area contributed by atoms with Gasteiger partial charge in [0.1, 0.15) is 11.9 Å². The number of carbonyl (C=O) groups is 3. The summed E-state index contributed by atoms with van der Waals surface area (Å²) in [4.78, 5) is 41.7. The molecule has 0 N–H and O–H groups in total. The normalized spacial score (nSPS) is 26.7. The van der Waals surface area contributed by atoms with E-state index in [-0.39, 0.29) is 11.7 Å². The lowest BCUT2D eigenvalue weighted by Gasteiger charge is -2.35. The van der Waals surface area contributed by atoms with Crippen LogP contribution in [0.15, 0.2) is 53.6 Å². The van der Waals surface area contributed by atoms with Crippen LogP contribution < -0.4 is 4.90 Å². The zero-order chi connectivity index (χ0) is 22.1. The van der Waals surface area contributed by atoms with Crippen molar-refractivity contribution in [3.05, 3.63) is 65.5 Å². The third kappa shape index (κ3) is 2.76. The zero-order valence-electron chi connectivity index (χ0n) is 17.4. The van der Waals surface area contributed by atoms with E-state index in [1.54, 1.807) is 32.0 Å². The lowest BCUT2D eigenvalue weighted by molar-refractivity contribution is -0.136. The van der Waals surface area contributed by atoms with Gasteiger partial charge < -0.3 is 0 Å². The van der Waals surface area contributed by atoms with E-state index < -0.39 is 41.1 Å². The molecule has 3 aliphatic heterocycles. The van der Waals surface area contributed by atoms with Gasteiger partial charge in [0, 0.05) is 5.41 Å². The Morgan fingerprint density at radius 3 is 2.29 bits per heavy atom. The number of Topliss-reactive ketones (excluding diaryl/α,β-unsaturated/α-hetero) is 1. The number of hydrogen-bond donors (Lipinski definition) is 0. The second-order valence-electron chi connectivity index (χ2n) is 9.30. The first-order valence-corrected chi connectivity index (χ1v) is 10.3. The minimum Gasteiger partial charge on any atom is -0.297 e. The second kappa shape index (κ2) is 6.57. The van der Waals surface area contributed by atoms with Crippen LogP contribution in [0.5, 0.6) is 0 Å². The molecular formula is C24H22FN3O3. The quantitative estimate of drug-likeness (QED) is 0.701. The molecule has 7 heteroatoms. The highest BCUT2D eigenvalue weighted by Crippen LogP contribution is 2.53. The average Bonchev–Trinajstić information content (AvgIpc) is 3.20. The number of carbonyl (C=O) groups excluding carboxylic acids is 3. The molecule has 0 spiro atoms. The molecule has 6 nitrogen and oxygen atoms in total. The number of nitrogens with zero attached hydrogens (tertiary/aromatic N) is 3. The highest BCUT2D eigenvalue weighted by Gasteiger charge is 2.66. The molecule has 0 bridgehead atoms. The lowest BCUT2D eigenvalue weighted by Crippen LogP contribution is -2.48. The highest BCUT2D eigenvalue weighted by molar-refractivity contribution is 6.24. The van der Waals surface area contributed by atoms with Gasteiger partial charge in [-0.1, -0.05) is 45.0 Å². The highest BCUT2D eigenvalue weighted by atomic mass is 19.1. The molecule has 2 fully saturated rings. The second-order valence-corrected chi connectivity index (χ2v) is 9.30. The van der Waals surface area contributed by atoms with Gasteiger partial charge in [0.2, 0.25) is 11.8 Å². The van der Waals surface area contributed by atoms with Crippen molar-refractivity contribution in [2.45, 2.75) is 32.9 Å². The third-order valence-corrected chi connectivity index (χ3v) is 6.39. The van der Waals surface area contributed by atoms with Crippen LogP contribution in [0.4, 0.5) is 10.1 Å². The number of rotatable bonds is 2. The summed E-state index contributed by atoms with van der Waals surface area (Å²) in [6.45, 7) is 5.41. The molecule has 4 atom stereocenters. The van der Waals surface area contributed by atoms with Crippen LogP contribution in [0.1, 0.15) is 37.9 Å². The van der Waals surface area contributed by atoms with E-state index >= 15 is 0 Å². The summed E-state index contributed by atoms with van der Waals surface area (Å²) in [5, 5.41) is 6.18. The van der Waals surface area contributed by atoms with Gasteiger partial charge in [-0.05, 0) is 35.4 Å². The topological polar surface area (TPSA) is 70.0 Å². The monoisotopic (exact) mass is 419 g/mol. The third-order valence-electron chi connectivity index (χ3n) is 6.39. The molecule has 158 valence electrons. The predicted molar refractivity (Wildman–Crippen MR) is 113 cm³/mol. The minimum atomic E-state index is -0.849. The minimum absolute atomic E-state index is 0.136. The van der Waals surface area contributed by atoms with E-state index in [1.807, 2.05) is 24.3 Å². The molecule has 2 amide bonds. The first kappa shape index (κ1) is 19.6. The van der Waals surface area contributed by atoms with Crippen LogP contribution in [0.25, 0.3) is 0 Å². The van der Waals surface area contributed by atoms with Crippen LogP contribution in [-0.4, -0.2) is 34.9 Å². The smallest absolute Gasteiger partial charge is 0.240 e. The van der Waals surface area contributed by atoms with E-state index in [9.17, 15) is 18.8 Å². The van der Waals surface area contributed by atoms with E-state index in [0.29, 0.717) is 5.69 Å². The van der Waals surface area contributed by atoms with Crippen molar-refractivity contribution in [1.29, 1.82) is 0 Å². The molecule has 0 unspecified atom stereocenters. The molecule has 3 aliphatic rings. The fraction of sp³-hybridized carbons (Fsp3) is 0.333. The van der Waals surface area contributed by atoms with Crippen LogP contribution in [0.2, 0.25) is 0 Å². The molecule has 2 aromatic rings. The van der Waals surface area contributed by atoms with Gasteiger partial charge in [-0.2, -0.15) is 5.10 Å². The summed E-state index contributed by atoms with van der Waals surface area (Å²) in [5.74, 6) is -3.00. The van der Waals surface area contributed by atoms with Gasteiger partial charge >= 0.3 is 0 Å². The van der Waals surface area contributed by atoms with Crippen molar-refractivity contribution < 1.29 is 18.8 Å².